The molecule has 2 aromatic carbocycles. The van der Waals surface area contributed by atoms with E-state index in [1.807, 2.05) is 32.0 Å². The van der Waals surface area contributed by atoms with E-state index in [0.717, 1.165) is 23.1 Å². The predicted molar refractivity (Wildman–Crippen MR) is 119 cm³/mol. The van der Waals surface area contributed by atoms with Gasteiger partial charge in [0, 0.05) is 29.7 Å². The number of carboxylic acid groups (broad SMARTS) is 1. The van der Waals surface area contributed by atoms with Gasteiger partial charge in [-0.05, 0) is 53.8 Å². The zero-order valence-corrected chi connectivity index (χ0v) is 18.6. The van der Waals surface area contributed by atoms with Gasteiger partial charge in [-0.1, -0.05) is 26.0 Å². The maximum Gasteiger partial charge on any atom is 0.416 e. The standard InChI is InChI=1S/C25H27F3N2O3/c1-15(2)9-17-4-3-16(10-20(17)25(26,27)28)14-33-19-5-6-22-18(11-19)12-23-21(13-24(31)32)29-7-8-30(22)23/h3-6,10-12,15,21,29H,7-9,13-14H2,1-2H3,(H,31,32)/t21-/m1/s1. The number of nitrogens with one attached hydrogen (secondary N) is 1. The van der Waals surface area contributed by atoms with Crippen LogP contribution in [0, 0.1) is 5.92 Å². The maximum absolute atomic E-state index is 13.6. The molecular formula is C25H27F3N2O3. The summed E-state index contributed by atoms with van der Waals surface area (Å²) >= 11 is 0. The number of benzene rings is 2. The van der Waals surface area contributed by atoms with E-state index >= 15 is 0 Å². The minimum absolute atomic E-state index is 0.00593. The number of nitrogens with zero attached hydrogens (tertiary/aromatic N) is 1. The third-order valence-corrected chi connectivity index (χ3v) is 5.88. The molecule has 3 aromatic rings. The number of aliphatic carboxylic acids is 1. The molecule has 0 amide bonds. The van der Waals surface area contributed by atoms with Gasteiger partial charge in [-0.3, -0.25) is 4.79 Å². The second-order valence-corrected chi connectivity index (χ2v) is 8.92. The van der Waals surface area contributed by atoms with Gasteiger partial charge in [-0.2, -0.15) is 13.2 Å². The summed E-state index contributed by atoms with van der Waals surface area (Å²) in [6.45, 7) is 5.23. The monoisotopic (exact) mass is 460 g/mol. The molecule has 0 bridgehead atoms. The Morgan fingerprint density at radius 1 is 1.21 bits per heavy atom. The Labute approximate surface area is 190 Å². The lowest BCUT2D eigenvalue weighted by molar-refractivity contribution is -0.139. The Morgan fingerprint density at radius 2 is 2.00 bits per heavy atom. The molecular weight excluding hydrogens is 433 g/mol. The topological polar surface area (TPSA) is 63.5 Å². The zero-order chi connectivity index (χ0) is 23.8. The predicted octanol–water partition coefficient (Wildman–Crippen LogP) is 5.56. The smallest absolute Gasteiger partial charge is 0.416 e. The maximum atomic E-state index is 13.6. The van der Waals surface area contributed by atoms with Crippen LogP contribution >= 0.6 is 0 Å². The first-order valence-corrected chi connectivity index (χ1v) is 11.0. The summed E-state index contributed by atoms with van der Waals surface area (Å²) in [5, 5.41) is 13.3. The van der Waals surface area contributed by atoms with Crippen molar-refractivity contribution in [3.8, 4) is 5.75 Å². The Balaban J connectivity index is 1.55. The number of fused-ring (bicyclic) bond motifs is 3. The molecule has 0 spiro atoms. The van der Waals surface area contributed by atoms with Gasteiger partial charge in [0.15, 0.2) is 0 Å². The van der Waals surface area contributed by atoms with Crippen molar-refractivity contribution < 1.29 is 27.8 Å². The second kappa shape index (κ2) is 9.09. The summed E-state index contributed by atoms with van der Waals surface area (Å²) in [6.07, 6.45) is -4.05. The largest absolute Gasteiger partial charge is 0.489 e. The Kier molecular flexibility index (Phi) is 6.38. The third kappa shape index (κ3) is 5.16. The molecule has 1 aromatic heterocycles. The van der Waals surface area contributed by atoms with E-state index in [1.165, 1.54) is 6.07 Å². The van der Waals surface area contributed by atoms with Crippen LogP contribution < -0.4 is 10.1 Å². The quantitative estimate of drug-likeness (QED) is 0.485. The van der Waals surface area contributed by atoms with Gasteiger partial charge >= 0.3 is 12.1 Å². The molecule has 1 aliphatic heterocycles. The van der Waals surface area contributed by atoms with E-state index in [1.54, 1.807) is 18.2 Å². The molecule has 1 aliphatic rings. The van der Waals surface area contributed by atoms with E-state index in [0.29, 0.717) is 29.8 Å². The minimum Gasteiger partial charge on any atom is -0.489 e. The molecule has 33 heavy (non-hydrogen) atoms. The van der Waals surface area contributed by atoms with E-state index in [-0.39, 0.29) is 25.0 Å². The average Bonchev–Trinajstić information content (AvgIpc) is 3.10. The molecule has 0 saturated carbocycles. The van der Waals surface area contributed by atoms with E-state index in [4.69, 9.17) is 4.74 Å². The molecule has 4 rings (SSSR count). The van der Waals surface area contributed by atoms with Crippen LogP contribution in [0.1, 0.15) is 48.7 Å². The molecule has 0 radical (unpaired) electrons. The van der Waals surface area contributed by atoms with Crippen LogP contribution in [0.4, 0.5) is 13.2 Å². The second-order valence-electron chi connectivity index (χ2n) is 8.92. The number of carboxylic acids is 1. The van der Waals surface area contributed by atoms with Crippen LogP contribution in [-0.4, -0.2) is 22.2 Å². The first-order chi connectivity index (χ1) is 15.6. The minimum atomic E-state index is -4.41. The van der Waals surface area contributed by atoms with Crippen LogP contribution in [0.15, 0.2) is 42.5 Å². The molecule has 2 heterocycles. The van der Waals surface area contributed by atoms with Crippen molar-refractivity contribution in [3.05, 3.63) is 64.8 Å². The lowest BCUT2D eigenvalue weighted by Crippen LogP contribution is -2.34. The number of aromatic nitrogens is 1. The Morgan fingerprint density at radius 3 is 2.70 bits per heavy atom. The summed E-state index contributed by atoms with van der Waals surface area (Å²) < 4.78 is 48.6. The lowest BCUT2D eigenvalue weighted by atomic mass is 9.96. The highest BCUT2D eigenvalue weighted by molar-refractivity contribution is 5.83. The van der Waals surface area contributed by atoms with Crippen LogP contribution in [0.2, 0.25) is 0 Å². The zero-order valence-electron chi connectivity index (χ0n) is 18.6. The number of alkyl halides is 3. The van der Waals surface area contributed by atoms with Gasteiger partial charge in [-0.25, -0.2) is 0 Å². The molecule has 0 unspecified atom stereocenters. The number of hydrogen-bond donors (Lipinski definition) is 2. The normalized spacial score (nSPS) is 16.2. The highest BCUT2D eigenvalue weighted by Gasteiger charge is 2.33. The lowest BCUT2D eigenvalue weighted by Gasteiger charge is -2.25. The summed E-state index contributed by atoms with van der Waals surface area (Å²) in [4.78, 5) is 11.2. The SMILES string of the molecule is CC(C)Cc1ccc(COc2ccc3c(c2)cc2n3CCN[C@@H]2CC(=O)O)cc1C(F)(F)F. The fourth-order valence-electron chi connectivity index (χ4n) is 4.47. The first-order valence-electron chi connectivity index (χ1n) is 11.0. The van der Waals surface area contributed by atoms with Gasteiger partial charge in [0.2, 0.25) is 0 Å². The van der Waals surface area contributed by atoms with Crippen LogP contribution in [0.5, 0.6) is 5.75 Å². The van der Waals surface area contributed by atoms with Crippen molar-refractivity contribution in [2.24, 2.45) is 5.92 Å². The number of ether oxygens (including phenoxy) is 1. The van der Waals surface area contributed by atoms with Gasteiger partial charge in [0.05, 0.1) is 18.0 Å². The summed E-state index contributed by atoms with van der Waals surface area (Å²) in [5.74, 6) is -0.195. The fraction of sp³-hybridized carbons (Fsp3) is 0.400. The molecule has 0 saturated heterocycles. The molecule has 1 atom stereocenters. The molecule has 0 aliphatic carbocycles. The van der Waals surface area contributed by atoms with Crippen molar-refractivity contribution >= 4 is 16.9 Å². The van der Waals surface area contributed by atoms with Crippen molar-refractivity contribution in [1.82, 2.24) is 9.88 Å². The van der Waals surface area contributed by atoms with Gasteiger partial charge < -0.3 is 19.7 Å². The van der Waals surface area contributed by atoms with E-state index in [9.17, 15) is 23.1 Å². The summed E-state index contributed by atoms with van der Waals surface area (Å²) in [6, 6.07) is 11.6. The van der Waals surface area contributed by atoms with Crippen LogP contribution in [0.3, 0.4) is 0 Å². The van der Waals surface area contributed by atoms with E-state index in [2.05, 4.69) is 9.88 Å². The molecule has 176 valence electrons. The third-order valence-electron chi connectivity index (χ3n) is 5.88. The van der Waals surface area contributed by atoms with Crippen molar-refractivity contribution in [2.75, 3.05) is 6.54 Å². The van der Waals surface area contributed by atoms with Crippen LogP contribution in [0.25, 0.3) is 10.9 Å². The molecule has 2 N–H and O–H groups in total. The number of halogens is 3. The van der Waals surface area contributed by atoms with Gasteiger partial charge in [0.25, 0.3) is 0 Å². The molecule has 5 nitrogen and oxygen atoms in total. The summed E-state index contributed by atoms with van der Waals surface area (Å²) in [5.41, 5.74) is 2.03. The van der Waals surface area contributed by atoms with Crippen LogP contribution in [-0.2, 0) is 30.5 Å². The van der Waals surface area contributed by atoms with Crippen molar-refractivity contribution in [3.63, 3.8) is 0 Å². The van der Waals surface area contributed by atoms with Gasteiger partial charge in [-0.15, -0.1) is 0 Å². The highest BCUT2D eigenvalue weighted by Crippen LogP contribution is 2.35. The Bertz CT molecular complexity index is 1170. The first kappa shape index (κ1) is 23.2. The highest BCUT2D eigenvalue weighted by atomic mass is 19.4. The van der Waals surface area contributed by atoms with Crippen molar-refractivity contribution in [2.45, 2.75) is 52.1 Å². The van der Waals surface area contributed by atoms with Gasteiger partial charge in [0.1, 0.15) is 12.4 Å². The molecule has 0 fully saturated rings. The number of rotatable bonds is 7. The van der Waals surface area contributed by atoms with Crippen molar-refractivity contribution in [1.29, 1.82) is 0 Å². The molecule has 8 heteroatoms. The fourth-order valence-corrected chi connectivity index (χ4v) is 4.47. The number of hydrogen-bond acceptors (Lipinski definition) is 3. The average molecular weight is 460 g/mol. The number of carbonyl (C=O) groups is 1. The summed E-state index contributed by atoms with van der Waals surface area (Å²) in [7, 11) is 0. The van der Waals surface area contributed by atoms with E-state index < -0.39 is 17.7 Å². The Hall–Kier alpha value is -3.00.